The lowest BCUT2D eigenvalue weighted by Crippen LogP contribution is -2.40. The molecule has 8 heteroatoms. The zero-order valence-electron chi connectivity index (χ0n) is 17.0. The standard InChI is InChI=1S/C20H27ClFN4OSi/c1-20(2,3)16(27-28(4)5)14-11-26(10-12-6-8-13(22)9-7-12)18-15(14)17(21)24-19(23)25-18/h6-9,14,16H,10-11H2,1-5H3,(H2,23,24,25). The Morgan fingerprint density at radius 2 is 1.93 bits per heavy atom. The molecule has 0 amide bonds. The molecule has 0 saturated heterocycles. The predicted octanol–water partition coefficient (Wildman–Crippen LogP) is 4.64. The first kappa shape index (κ1) is 21.0. The van der Waals surface area contributed by atoms with E-state index in [1.165, 1.54) is 12.1 Å². The largest absolute Gasteiger partial charge is 0.413 e. The third-order valence-electron chi connectivity index (χ3n) is 4.85. The predicted molar refractivity (Wildman–Crippen MR) is 113 cm³/mol. The number of nitrogens with zero attached hydrogens (tertiary/aromatic N) is 3. The van der Waals surface area contributed by atoms with E-state index in [-0.39, 0.29) is 29.2 Å². The summed E-state index contributed by atoms with van der Waals surface area (Å²) in [7, 11) is -0.924. The lowest BCUT2D eigenvalue weighted by Gasteiger charge is -2.37. The maximum Gasteiger partial charge on any atom is 0.223 e. The molecule has 2 aromatic rings. The summed E-state index contributed by atoms with van der Waals surface area (Å²) < 4.78 is 19.7. The van der Waals surface area contributed by atoms with E-state index in [4.69, 9.17) is 21.8 Å². The molecule has 2 heterocycles. The number of nitrogen functional groups attached to an aromatic ring is 1. The van der Waals surface area contributed by atoms with Gasteiger partial charge >= 0.3 is 0 Å². The van der Waals surface area contributed by atoms with Crippen molar-refractivity contribution in [2.45, 2.75) is 52.4 Å². The fraction of sp³-hybridized carbons (Fsp3) is 0.500. The summed E-state index contributed by atoms with van der Waals surface area (Å²) in [4.78, 5) is 10.8. The number of aromatic nitrogens is 2. The normalized spacial score (nSPS) is 17.9. The molecular formula is C20H27ClFN4OSi. The summed E-state index contributed by atoms with van der Waals surface area (Å²) in [5.41, 5.74) is 7.68. The Balaban J connectivity index is 2.01. The number of hydrogen-bond donors (Lipinski definition) is 1. The Kier molecular flexibility index (Phi) is 5.98. The zero-order chi connectivity index (χ0) is 20.6. The topological polar surface area (TPSA) is 64.3 Å². The van der Waals surface area contributed by atoms with Crippen molar-refractivity contribution in [3.63, 3.8) is 0 Å². The van der Waals surface area contributed by atoms with Crippen LogP contribution in [0.15, 0.2) is 24.3 Å². The number of benzene rings is 1. The molecule has 2 unspecified atom stereocenters. The van der Waals surface area contributed by atoms with Gasteiger partial charge in [0.05, 0.1) is 6.10 Å². The van der Waals surface area contributed by atoms with Crippen LogP contribution < -0.4 is 10.6 Å². The molecule has 1 aliphatic rings. The number of nitrogens with two attached hydrogens (primary N) is 1. The third-order valence-corrected chi connectivity index (χ3v) is 5.87. The first-order valence-electron chi connectivity index (χ1n) is 9.35. The summed E-state index contributed by atoms with van der Waals surface area (Å²) in [6.45, 7) is 12.1. The van der Waals surface area contributed by atoms with Crippen LogP contribution in [0.5, 0.6) is 0 Å². The fourth-order valence-corrected chi connectivity index (χ4v) is 5.07. The molecule has 1 radical (unpaired) electrons. The second-order valence-electron chi connectivity index (χ2n) is 8.54. The average molecular weight is 422 g/mol. The van der Waals surface area contributed by atoms with Gasteiger partial charge in [-0.1, -0.05) is 44.5 Å². The summed E-state index contributed by atoms with van der Waals surface area (Å²) in [5.74, 6) is 0.673. The molecule has 0 aliphatic carbocycles. The van der Waals surface area contributed by atoms with Gasteiger partial charge in [-0.25, -0.2) is 9.37 Å². The van der Waals surface area contributed by atoms with Crippen molar-refractivity contribution in [3.05, 3.63) is 46.4 Å². The highest BCUT2D eigenvalue weighted by Gasteiger charge is 2.43. The monoisotopic (exact) mass is 421 g/mol. The second-order valence-corrected chi connectivity index (χ2v) is 10.9. The van der Waals surface area contributed by atoms with Crippen molar-refractivity contribution in [1.82, 2.24) is 9.97 Å². The molecule has 0 saturated carbocycles. The van der Waals surface area contributed by atoms with Crippen LogP contribution in [0.1, 0.15) is 37.8 Å². The van der Waals surface area contributed by atoms with E-state index < -0.39 is 9.04 Å². The van der Waals surface area contributed by atoms with Crippen molar-refractivity contribution in [3.8, 4) is 0 Å². The smallest absolute Gasteiger partial charge is 0.223 e. The van der Waals surface area contributed by atoms with Crippen molar-refractivity contribution in [2.24, 2.45) is 5.41 Å². The minimum absolute atomic E-state index is 0.0296. The Morgan fingerprint density at radius 3 is 2.50 bits per heavy atom. The molecular weight excluding hydrogens is 395 g/mol. The Morgan fingerprint density at radius 1 is 1.29 bits per heavy atom. The first-order chi connectivity index (χ1) is 13.1. The van der Waals surface area contributed by atoms with Crippen molar-refractivity contribution in [1.29, 1.82) is 0 Å². The molecule has 1 aromatic heterocycles. The fourth-order valence-electron chi connectivity index (χ4n) is 3.73. The minimum atomic E-state index is -0.924. The Hall–Kier alpha value is -1.70. The molecule has 0 bridgehead atoms. The Labute approximate surface area is 172 Å². The van der Waals surface area contributed by atoms with Crippen LogP contribution >= 0.6 is 11.6 Å². The molecule has 3 rings (SSSR count). The van der Waals surface area contributed by atoms with Gasteiger partial charge in [0, 0.05) is 24.6 Å². The number of hydrogen-bond acceptors (Lipinski definition) is 5. The molecule has 28 heavy (non-hydrogen) atoms. The van der Waals surface area contributed by atoms with Gasteiger partial charge in [-0.2, -0.15) is 4.98 Å². The van der Waals surface area contributed by atoms with Gasteiger partial charge in [0.25, 0.3) is 0 Å². The van der Waals surface area contributed by atoms with E-state index in [0.717, 1.165) is 16.9 Å². The molecule has 2 atom stereocenters. The molecule has 151 valence electrons. The van der Waals surface area contributed by atoms with E-state index in [0.29, 0.717) is 18.2 Å². The van der Waals surface area contributed by atoms with Crippen LogP contribution in [0.25, 0.3) is 0 Å². The maximum atomic E-state index is 13.3. The first-order valence-corrected chi connectivity index (χ1v) is 12.1. The van der Waals surface area contributed by atoms with Crippen molar-refractivity contribution < 1.29 is 8.82 Å². The van der Waals surface area contributed by atoms with E-state index in [1.807, 2.05) is 0 Å². The minimum Gasteiger partial charge on any atom is -0.413 e. The van der Waals surface area contributed by atoms with Crippen LogP contribution in [0.4, 0.5) is 16.2 Å². The van der Waals surface area contributed by atoms with Gasteiger partial charge in [0.1, 0.15) is 16.8 Å². The molecule has 1 aromatic carbocycles. The van der Waals surface area contributed by atoms with Crippen molar-refractivity contribution in [2.75, 3.05) is 17.2 Å². The van der Waals surface area contributed by atoms with E-state index in [9.17, 15) is 4.39 Å². The highest BCUT2D eigenvalue weighted by atomic mass is 35.5. The lowest BCUT2D eigenvalue weighted by molar-refractivity contribution is 0.0648. The van der Waals surface area contributed by atoms with Crippen LogP contribution in [-0.4, -0.2) is 31.7 Å². The van der Waals surface area contributed by atoms with Gasteiger partial charge in [-0.15, -0.1) is 0 Å². The zero-order valence-corrected chi connectivity index (χ0v) is 18.7. The molecule has 2 N–H and O–H groups in total. The molecule has 0 spiro atoms. The van der Waals surface area contributed by atoms with E-state index in [1.54, 1.807) is 12.1 Å². The quantitative estimate of drug-likeness (QED) is 0.562. The number of halogens is 2. The van der Waals surface area contributed by atoms with E-state index >= 15 is 0 Å². The molecule has 5 nitrogen and oxygen atoms in total. The summed E-state index contributed by atoms with van der Waals surface area (Å²) >= 11 is 6.53. The van der Waals surface area contributed by atoms with Gasteiger partial charge in [0.2, 0.25) is 15.0 Å². The van der Waals surface area contributed by atoms with Gasteiger partial charge < -0.3 is 15.1 Å². The summed E-state index contributed by atoms with van der Waals surface area (Å²) in [6, 6.07) is 6.50. The lowest BCUT2D eigenvalue weighted by atomic mass is 9.79. The summed E-state index contributed by atoms with van der Waals surface area (Å²) in [6.07, 6.45) is -0.0296. The van der Waals surface area contributed by atoms with Gasteiger partial charge in [0.15, 0.2) is 0 Å². The highest BCUT2D eigenvalue weighted by Crippen LogP contribution is 2.46. The van der Waals surface area contributed by atoms with E-state index in [2.05, 4.69) is 48.7 Å². The third kappa shape index (κ3) is 4.47. The number of anilines is 2. The van der Waals surface area contributed by atoms with Crippen LogP contribution in [0.2, 0.25) is 18.2 Å². The second kappa shape index (κ2) is 7.97. The maximum absolute atomic E-state index is 13.3. The number of fused-ring (bicyclic) bond motifs is 1. The van der Waals surface area contributed by atoms with Crippen LogP contribution in [0.3, 0.4) is 0 Å². The molecule has 0 fully saturated rings. The number of rotatable bonds is 5. The van der Waals surface area contributed by atoms with Gasteiger partial charge in [-0.3, -0.25) is 0 Å². The van der Waals surface area contributed by atoms with Crippen molar-refractivity contribution >= 4 is 32.4 Å². The Bertz CT molecular complexity index is 841. The summed E-state index contributed by atoms with van der Waals surface area (Å²) in [5, 5.41) is 0.382. The average Bonchev–Trinajstić information content (AvgIpc) is 2.92. The highest BCUT2D eigenvalue weighted by molar-refractivity contribution is 6.48. The van der Waals surface area contributed by atoms with Gasteiger partial charge in [-0.05, 0) is 36.2 Å². The molecule has 1 aliphatic heterocycles. The van der Waals surface area contributed by atoms with Crippen LogP contribution in [-0.2, 0) is 11.0 Å². The van der Waals surface area contributed by atoms with Crippen LogP contribution in [0, 0.1) is 11.2 Å². The SMILES string of the molecule is C[Si](C)OC(C1CN(Cc2ccc(F)cc2)c2nc(N)nc(Cl)c21)C(C)(C)C.